The number of carbonyl (C=O) groups excluding carboxylic acids is 2. The van der Waals surface area contributed by atoms with E-state index in [-0.39, 0.29) is 19.0 Å². The second-order valence-electron chi connectivity index (χ2n) is 7.74. The maximum absolute atomic E-state index is 14.1. The topological polar surface area (TPSA) is 86.8 Å². The number of hydrogen-bond donors (Lipinski definition) is 1. The molecule has 9 heteroatoms. The molecular formula is C22H24FN3O4S. The van der Waals surface area contributed by atoms with E-state index in [4.69, 9.17) is 0 Å². The van der Waals surface area contributed by atoms with Crippen molar-refractivity contribution < 1.29 is 22.4 Å². The van der Waals surface area contributed by atoms with Gasteiger partial charge in [0, 0.05) is 31.7 Å². The van der Waals surface area contributed by atoms with Crippen LogP contribution in [0.3, 0.4) is 0 Å². The van der Waals surface area contributed by atoms with Gasteiger partial charge >= 0.3 is 0 Å². The highest BCUT2D eigenvalue weighted by atomic mass is 32.2. The maximum Gasteiger partial charge on any atom is 0.246 e. The summed E-state index contributed by atoms with van der Waals surface area (Å²) in [5, 5.41) is 2.79. The van der Waals surface area contributed by atoms with Crippen LogP contribution in [0.15, 0.2) is 53.4 Å². The molecule has 164 valence electrons. The molecule has 31 heavy (non-hydrogen) atoms. The predicted molar refractivity (Wildman–Crippen MR) is 113 cm³/mol. The third kappa shape index (κ3) is 4.33. The van der Waals surface area contributed by atoms with Crippen LogP contribution in [-0.4, -0.2) is 43.7 Å². The van der Waals surface area contributed by atoms with E-state index in [1.165, 1.54) is 18.2 Å². The van der Waals surface area contributed by atoms with Gasteiger partial charge in [-0.05, 0) is 49.1 Å². The van der Waals surface area contributed by atoms with E-state index in [1.54, 1.807) is 4.90 Å². The number of nitrogens with one attached hydrogen (secondary N) is 1. The zero-order chi connectivity index (χ0) is 22.0. The molecule has 2 aromatic carbocycles. The Hall–Kier alpha value is -2.78. The molecular weight excluding hydrogens is 421 g/mol. The number of amides is 2. The summed E-state index contributed by atoms with van der Waals surface area (Å²) in [5.74, 6) is -1.13. The Bertz CT molecular complexity index is 1090. The van der Waals surface area contributed by atoms with Crippen molar-refractivity contribution in [1.82, 2.24) is 9.62 Å². The van der Waals surface area contributed by atoms with Gasteiger partial charge in [0.05, 0.1) is 0 Å². The number of carbonyl (C=O) groups is 2. The molecule has 2 fully saturated rings. The number of hydrogen-bond acceptors (Lipinski definition) is 4. The van der Waals surface area contributed by atoms with Gasteiger partial charge in [-0.1, -0.05) is 24.3 Å². The van der Waals surface area contributed by atoms with E-state index >= 15 is 0 Å². The Morgan fingerprint density at radius 2 is 1.81 bits per heavy atom. The highest BCUT2D eigenvalue weighted by Crippen LogP contribution is 2.28. The normalized spacial score (nSPS) is 19.7. The smallest absolute Gasteiger partial charge is 0.246 e. The van der Waals surface area contributed by atoms with Gasteiger partial charge in [-0.15, -0.1) is 0 Å². The van der Waals surface area contributed by atoms with Crippen molar-refractivity contribution in [2.45, 2.75) is 43.2 Å². The van der Waals surface area contributed by atoms with Crippen LogP contribution in [0.5, 0.6) is 0 Å². The maximum atomic E-state index is 14.1. The van der Waals surface area contributed by atoms with Gasteiger partial charge in [0.25, 0.3) is 0 Å². The SMILES string of the molecule is O=C(NCc1ccc(N2CCCC2=O)cc1)C1CCCN1S(=O)(=O)c1ccccc1F. The van der Waals surface area contributed by atoms with E-state index in [0.717, 1.165) is 28.0 Å². The summed E-state index contributed by atoms with van der Waals surface area (Å²) in [7, 11) is -4.11. The molecule has 2 heterocycles. The lowest BCUT2D eigenvalue weighted by atomic mass is 10.1. The van der Waals surface area contributed by atoms with Gasteiger partial charge < -0.3 is 10.2 Å². The lowest BCUT2D eigenvalue weighted by molar-refractivity contribution is -0.124. The monoisotopic (exact) mass is 445 g/mol. The molecule has 0 aromatic heterocycles. The van der Waals surface area contributed by atoms with Gasteiger partial charge in [0.2, 0.25) is 21.8 Å². The molecule has 2 amide bonds. The number of rotatable bonds is 6. The summed E-state index contributed by atoms with van der Waals surface area (Å²) in [6.45, 7) is 1.12. The fraction of sp³-hybridized carbons (Fsp3) is 0.364. The van der Waals surface area contributed by atoms with E-state index < -0.39 is 32.7 Å². The average Bonchev–Trinajstić information content (AvgIpc) is 3.42. The quantitative estimate of drug-likeness (QED) is 0.740. The lowest BCUT2D eigenvalue weighted by Gasteiger charge is -2.23. The fourth-order valence-corrected chi connectivity index (χ4v) is 5.82. The molecule has 0 saturated carbocycles. The Labute approximate surface area is 180 Å². The van der Waals surface area contributed by atoms with Crippen molar-refractivity contribution in [3.63, 3.8) is 0 Å². The third-order valence-corrected chi connectivity index (χ3v) is 7.66. The molecule has 2 aromatic rings. The van der Waals surface area contributed by atoms with Crippen molar-refractivity contribution >= 4 is 27.5 Å². The fourth-order valence-electron chi connectivity index (χ4n) is 4.09. The van der Waals surface area contributed by atoms with Crippen LogP contribution in [-0.2, 0) is 26.2 Å². The number of anilines is 1. The van der Waals surface area contributed by atoms with Crippen molar-refractivity contribution in [3.05, 3.63) is 59.9 Å². The van der Waals surface area contributed by atoms with Crippen molar-refractivity contribution in [3.8, 4) is 0 Å². The van der Waals surface area contributed by atoms with Gasteiger partial charge in [-0.25, -0.2) is 12.8 Å². The first-order chi connectivity index (χ1) is 14.9. The Balaban J connectivity index is 1.41. The Kier molecular flexibility index (Phi) is 6.06. The minimum Gasteiger partial charge on any atom is -0.351 e. The van der Waals surface area contributed by atoms with Crippen LogP contribution in [0.4, 0.5) is 10.1 Å². The average molecular weight is 446 g/mol. The molecule has 1 unspecified atom stereocenters. The molecule has 2 aliphatic heterocycles. The molecule has 4 rings (SSSR count). The molecule has 2 saturated heterocycles. The minimum absolute atomic E-state index is 0.110. The van der Waals surface area contributed by atoms with E-state index in [9.17, 15) is 22.4 Å². The number of benzene rings is 2. The second-order valence-corrected chi connectivity index (χ2v) is 9.60. The molecule has 0 spiro atoms. The molecule has 1 N–H and O–H groups in total. The molecule has 0 radical (unpaired) electrons. The van der Waals surface area contributed by atoms with E-state index in [0.29, 0.717) is 25.8 Å². The zero-order valence-electron chi connectivity index (χ0n) is 17.0. The molecule has 2 aliphatic rings. The van der Waals surface area contributed by atoms with Gasteiger partial charge in [0.15, 0.2) is 0 Å². The predicted octanol–water partition coefficient (Wildman–Crippen LogP) is 2.42. The first-order valence-electron chi connectivity index (χ1n) is 10.3. The highest BCUT2D eigenvalue weighted by molar-refractivity contribution is 7.89. The van der Waals surface area contributed by atoms with E-state index in [2.05, 4.69) is 5.32 Å². The molecule has 0 aliphatic carbocycles. The largest absolute Gasteiger partial charge is 0.351 e. The van der Waals surface area contributed by atoms with Gasteiger partial charge in [-0.2, -0.15) is 4.31 Å². The number of sulfonamides is 1. The Morgan fingerprint density at radius 1 is 1.06 bits per heavy atom. The van der Waals surface area contributed by atoms with Gasteiger partial charge in [0.1, 0.15) is 16.8 Å². The zero-order valence-corrected chi connectivity index (χ0v) is 17.8. The van der Waals surface area contributed by atoms with Crippen LogP contribution >= 0.6 is 0 Å². The Morgan fingerprint density at radius 3 is 2.48 bits per heavy atom. The van der Waals surface area contributed by atoms with Crippen molar-refractivity contribution in [1.29, 1.82) is 0 Å². The summed E-state index contributed by atoms with van der Waals surface area (Å²) in [5.41, 5.74) is 1.67. The first-order valence-corrected chi connectivity index (χ1v) is 11.8. The van der Waals surface area contributed by atoms with Crippen LogP contribution < -0.4 is 10.2 Å². The van der Waals surface area contributed by atoms with Crippen LogP contribution in [0.2, 0.25) is 0 Å². The summed E-state index contributed by atoms with van der Waals surface area (Å²) >= 11 is 0. The van der Waals surface area contributed by atoms with Gasteiger partial charge in [-0.3, -0.25) is 9.59 Å². The second kappa shape index (κ2) is 8.76. The number of halogens is 1. The standard InChI is InChI=1S/C22H24FN3O4S/c23-18-5-1-2-7-20(18)31(29,30)26-14-3-6-19(26)22(28)24-15-16-9-11-17(12-10-16)25-13-4-8-21(25)27/h1-2,5,7,9-12,19H,3-4,6,8,13-15H2,(H,24,28). The molecule has 1 atom stereocenters. The summed E-state index contributed by atoms with van der Waals surface area (Å²) in [6.07, 6.45) is 2.33. The molecule has 7 nitrogen and oxygen atoms in total. The van der Waals surface area contributed by atoms with Crippen LogP contribution in [0, 0.1) is 5.82 Å². The summed E-state index contributed by atoms with van der Waals surface area (Å²) in [4.78, 5) is 25.9. The molecule has 0 bridgehead atoms. The van der Waals surface area contributed by atoms with Crippen LogP contribution in [0.25, 0.3) is 0 Å². The highest BCUT2D eigenvalue weighted by Gasteiger charge is 2.40. The van der Waals surface area contributed by atoms with Crippen molar-refractivity contribution in [2.24, 2.45) is 0 Å². The van der Waals surface area contributed by atoms with Crippen LogP contribution in [0.1, 0.15) is 31.2 Å². The van der Waals surface area contributed by atoms with E-state index in [1.807, 2.05) is 24.3 Å². The number of nitrogens with zero attached hydrogens (tertiary/aromatic N) is 2. The first kappa shape index (κ1) is 21.5. The summed E-state index contributed by atoms with van der Waals surface area (Å²) in [6, 6.07) is 11.7. The van der Waals surface area contributed by atoms with Crippen molar-refractivity contribution in [2.75, 3.05) is 18.0 Å². The lowest BCUT2D eigenvalue weighted by Crippen LogP contribution is -2.45. The summed E-state index contributed by atoms with van der Waals surface area (Å²) < 4.78 is 41.0. The third-order valence-electron chi connectivity index (χ3n) is 5.72. The minimum atomic E-state index is -4.11.